The molecule has 0 unspecified atom stereocenters. The first-order valence-corrected chi connectivity index (χ1v) is 8.08. The lowest BCUT2D eigenvalue weighted by molar-refractivity contribution is -0.107. The van der Waals surface area contributed by atoms with E-state index in [9.17, 15) is 0 Å². The summed E-state index contributed by atoms with van der Waals surface area (Å²) in [5, 5.41) is 39.7. The van der Waals surface area contributed by atoms with Crippen molar-refractivity contribution < 1.29 is 25.3 Å². The Morgan fingerprint density at radius 1 is 0.680 bits per heavy atom. The van der Waals surface area contributed by atoms with Crippen LogP contribution in [0.25, 0.3) is 11.1 Å². The van der Waals surface area contributed by atoms with Crippen LogP contribution >= 0.6 is 0 Å². The first-order valence-electron chi connectivity index (χ1n) is 8.08. The number of benzene rings is 2. The van der Waals surface area contributed by atoms with E-state index in [-0.39, 0.29) is 0 Å². The summed E-state index contributed by atoms with van der Waals surface area (Å²) in [6.45, 7) is 6.31. The van der Waals surface area contributed by atoms with Gasteiger partial charge in [0.2, 0.25) is 0 Å². The second kappa shape index (κ2) is 8.60. The maximum absolute atomic E-state index is 9.10. The van der Waals surface area contributed by atoms with Crippen molar-refractivity contribution in [2.75, 3.05) is 0 Å². The molecule has 136 valence electrons. The summed E-state index contributed by atoms with van der Waals surface area (Å²) >= 11 is 0. The van der Waals surface area contributed by atoms with Crippen molar-refractivity contribution in [3.63, 3.8) is 0 Å². The third kappa shape index (κ3) is 6.61. The average molecular weight is 346 g/mol. The molecule has 0 radical (unpaired) electrons. The fraction of sp³-hybridized carbons (Fsp3) is 0.368. The Bertz CT molecular complexity index is 614. The highest BCUT2D eigenvalue weighted by atomic mass is 16.5. The normalized spacial score (nSPS) is 12.0. The molecular formula is C19H27BO5. The van der Waals surface area contributed by atoms with E-state index in [1.165, 1.54) is 22.3 Å². The number of hydrogen-bond acceptors (Lipinski definition) is 5. The summed E-state index contributed by atoms with van der Waals surface area (Å²) in [5.41, 5.74) is 3.74. The van der Waals surface area contributed by atoms with Gasteiger partial charge in [-0.3, -0.25) is 0 Å². The molecule has 5 N–H and O–H groups in total. The molecule has 3 rings (SSSR count). The van der Waals surface area contributed by atoms with Gasteiger partial charge in [0.25, 0.3) is 0 Å². The van der Waals surface area contributed by atoms with E-state index in [2.05, 4.69) is 48.5 Å². The number of fused-ring (bicyclic) bond motifs is 3. The molecule has 0 aromatic heterocycles. The van der Waals surface area contributed by atoms with Gasteiger partial charge in [0.15, 0.2) is 0 Å². The summed E-state index contributed by atoms with van der Waals surface area (Å²) in [7, 11) is -2.17. The average Bonchev–Trinajstić information content (AvgIpc) is 2.84. The lowest BCUT2D eigenvalue weighted by Gasteiger charge is -2.31. The van der Waals surface area contributed by atoms with Crippen LogP contribution in [0.1, 0.15) is 38.8 Å². The number of aliphatic hydroxyl groups is 2. The Hall–Kier alpha value is -1.70. The van der Waals surface area contributed by atoms with Gasteiger partial charge >= 0.3 is 7.32 Å². The lowest BCUT2D eigenvalue weighted by Crippen LogP contribution is -2.44. The largest absolute Gasteiger partial charge is 0.631 e. The van der Waals surface area contributed by atoms with Crippen LogP contribution in [0.5, 0.6) is 0 Å². The van der Waals surface area contributed by atoms with Gasteiger partial charge in [0.05, 0.1) is 11.2 Å². The summed E-state index contributed by atoms with van der Waals surface area (Å²) in [4.78, 5) is 0. The van der Waals surface area contributed by atoms with E-state index in [1.807, 2.05) is 0 Å². The molecule has 1 aliphatic carbocycles. The van der Waals surface area contributed by atoms with E-state index in [1.54, 1.807) is 27.7 Å². The third-order valence-electron chi connectivity index (χ3n) is 4.20. The van der Waals surface area contributed by atoms with E-state index in [4.69, 9.17) is 25.3 Å². The molecule has 0 fully saturated rings. The van der Waals surface area contributed by atoms with Crippen molar-refractivity contribution in [2.45, 2.75) is 45.3 Å². The molecule has 2 aromatic rings. The highest BCUT2D eigenvalue weighted by Gasteiger charge is 2.31. The van der Waals surface area contributed by atoms with Crippen LogP contribution < -0.4 is 0 Å². The predicted molar refractivity (Wildman–Crippen MR) is 99.7 cm³/mol. The van der Waals surface area contributed by atoms with Crippen molar-refractivity contribution in [1.82, 2.24) is 0 Å². The molecule has 0 heterocycles. The van der Waals surface area contributed by atoms with Gasteiger partial charge in [-0.15, -0.1) is 0 Å². The van der Waals surface area contributed by atoms with Crippen molar-refractivity contribution >= 4 is 7.32 Å². The Balaban J connectivity index is 0.000000226. The maximum Gasteiger partial charge on any atom is 0.631 e. The fourth-order valence-electron chi connectivity index (χ4n) is 2.08. The molecular weight excluding hydrogens is 319 g/mol. The van der Waals surface area contributed by atoms with E-state index in [0.29, 0.717) is 0 Å². The summed E-state index contributed by atoms with van der Waals surface area (Å²) < 4.78 is 0. The molecule has 0 atom stereocenters. The van der Waals surface area contributed by atoms with Crippen molar-refractivity contribution in [3.8, 4) is 11.1 Å². The van der Waals surface area contributed by atoms with Crippen LogP contribution in [0.15, 0.2) is 48.5 Å². The maximum atomic E-state index is 9.10. The van der Waals surface area contributed by atoms with Crippen LogP contribution in [-0.2, 0) is 6.42 Å². The summed E-state index contributed by atoms with van der Waals surface area (Å²) in [6.07, 6.45) is 1.10. The Morgan fingerprint density at radius 3 is 1.24 bits per heavy atom. The molecule has 0 aliphatic heterocycles. The molecule has 0 saturated carbocycles. The van der Waals surface area contributed by atoms with Gasteiger partial charge < -0.3 is 25.3 Å². The van der Waals surface area contributed by atoms with Crippen molar-refractivity contribution in [3.05, 3.63) is 59.7 Å². The molecule has 2 aromatic carbocycles. The fourth-order valence-corrected chi connectivity index (χ4v) is 2.08. The number of hydrogen-bond donors (Lipinski definition) is 5. The first-order chi connectivity index (χ1) is 11.4. The minimum atomic E-state index is -2.17. The van der Waals surface area contributed by atoms with Gasteiger partial charge in [0.1, 0.15) is 0 Å². The van der Waals surface area contributed by atoms with Gasteiger partial charge in [0, 0.05) is 0 Å². The molecule has 5 nitrogen and oxygen atoms in total. The zero-order valence-electron chi connectivity index (χ0n) is 15.1. The molecule has 6 heteroatoms. The Kier molecular flexibility index (Phi) is 7.35. The quantitative estimate of drug-likeness (QED) is 0.432. The minimum Gasteiger partial charge on any atom is -0.402 e. The smallest absolute Gasteiger partial charge is 0.402 e. The molecule has 0 bridgehead atoms. The standard InChI is InChI=1S/C13H10.C6H14O2.BH3O3/c1-3-7-12-10(5-1)9-11-6-2-4-8-13(11)12;1-5(2,7)6(3,4)8;2-1(3)4/h1-8H,9H2;7-8H,1-4H3;2-4H. The van der Waals surface area contributed by atoms with Gasteiger partial charge in [-0.25, -0.2) is 0 Å². The molecule has 0 saturated heterocycles. The van der Waals surface area contributed by atoms with Crippen LogP contribution in [0.2, 0.25) is 0 Å². The zero-order valence-corrected chi connectivity index (χ0v) is 15.1. The SMILES string of the molecule is CC(C)(O)C(C)(C)O.OB(O)O.c1ccc2c(c1)Cc1ccccc1-2. The molecule has 1 aliphatic rings. The molecule has 0 spiro atoms. The van der Waals surface area contributed by atoms with E-state index >= 15 is 0 Å². The number of rotatable bonds is 1. The molecule has 25 heavy (non-hydrogen) atoms. The Labute approximate surface area is 149 Å². The monoisotopic (exact) mass is 346 g/mol. The summed E-state index contributed by atoms with van der Waals surface area (Å²) in [6, 6.07) is 17.3. The van der Waals surface area contributed by atoms with Crippen LogP contribution in [0.3, 0.4) is 0 Å². The zero-order chi connectivity index (χ0) is 19.3. The second-order valence-electron chi connectivity index (χ2n) is 6.96. The first kappa shape index (κ1) is 21.3. The third-order valence-corrected chi connectivity index (χ3v) is 4.20. The van der Waals surface area contributed by atoms with Crippen LogP contribution in [-0.4, -0.2) is 43.8 Å². The predicted octanol–water partition coefficient (Wildman–Crippen LogP) is 1.73. The van der Waals surface area contributed by atoms with E-state index < -0.39 is 18.5 Å². The topological polar surface area (TPSA) is 101 Å². The van der Waals surface area contributed by atoms with Gasteiger partial charge in [-0.05, 0) is 56.4 Å². The Morgan fingerprint density at radius 2 is 0.960 bits per heavy atom. The molecule has 0 amide bonds. The highest BCUT2D eigenvalue weighted by Crippen LogP contribution is 2.35. The van der Waals surface area contributed by atoms with E-state index in [0.717, 1.165) is 6.42 Å². The van der Waals surface area contributed by atoms with Gasteiger partial charge in [-0.1, -0.05) is 48.5 Å². The summed E-state index contributed by atoms with van der Waals surface area (Å²) in [5.74, 6) is 0. The van der Waals surface area contributed by atoms with Crippen molar-refractivity contribution in [1.29, 1.82) is 0 Å². The van der Waals surface area contributed by atoms with Gasteiger partial charge in [-0.2, -0.15) is 0 Å². The minimum absolute atomic E-state index is 1.01. The van der Waals surface area contributed by atoms with Crippen LogP contribution in [0, 0.1) is 0 Å². The van der Waals surface area contributed by atoms with Crippen molar-refractivity contribution in [2.24, 2.45) is 0 Å². The second-order valence-corrected chi connectivity index (χ2v) is 6.96. The van der Waals surface area contributed by atoms with Crippen LogP contribution in [0.4, 0.5) is 0 Å². The lowest BCUT2D eigenvalue weighted by atomic mass is 9.90. The highest BCUT2D eigenvalue weighted by molar-refractivity contribution is 6.30.